The van der Waals surface area contributed by atoms with Crippen molar-refractivity contribution >= 4 is 36.7 Å². The number of nitrogens with one attached hydrogen (secondary N) is 1. The quantitative estimate of drug-likeness (QED) is 0.736. The number of aromatic nitrogens is 3. The van der Waals surface area contributed by atoms with Crippen molar-refractivity contribution in [3.63, 3.8) is 0 Å². The molecule has 3 aromatic rings. The van der Waals surface area contributed by atoms with Crippen molar-refractivity contribution in [1.29, 1.82) is 0 Å². The van der Waals surface area contributed by atoms with Crippen LogP contribution in [0.15, 0.2) is 46.0 Å². The Balaban J connectivity index is 2.10. The summed E-state index contributed by atoms with van der Waals surface area (Å²) in [6, 6.07) is 11.5. The second kappa shape index (κ2) is 4.65. The van der Waals surface area contributed by atoms with Gasteiger partial charge in [-0.1, -0.05) is 34.1 Å². The van der Waals surface area contributed by atoms with Gasteiger partial charge in [-0.2, -0.15) is 10.1 Å². The molecule has 0 unspecified atom stereocenters. The van der Waals surface area contributed by atoms with Gasteiger partial charge in [-0.05, 0) is 29.0 Å². The highest BCUT2D eigenvalue weighted by Gasteiger charge is 2.15. The number of hydrogen-bond acceptors (Lipinski definition) is 4. The van der Waals surface area contributed by atoms with Gasteiger partial charge in [0.15, 0.2) is 5.82 Å². The molecule has 3 N–H and O–H groups in total. The minimum absolute atomic E-state index is 0.291. The van der Waals surface area contributed by atoms with E-state index in [2.05, 4.69) is 31.1 Å². The van der Waals surface area contributed by atoms with Crippen LogP contribution < -0.4 is 5.14 Å². The van der Waals surface area contributed by atoms with Crippen molar-refractivity contribution in [1.82, 2.24) is 15.2 Å². The molecule has 0 amide bonds. The number of fused-ring (bicyclic) bond motifs is 1. The predicted molar refractivity (Wildman–Crippen MR) is 78.4 cm³/mol. The zero-order valence-corrected chi connectivity index (χ0v) is 12.4. The van der Waals surface area contributed by atoms with Crippen molar-refractivity contribution in [2.24, 2.45) is 5.14 Å². The first kappa shape index (κ1) is 13.2. The number of benzene rings is 2. The summed E-state index contributed by atoms with van der Waals surface area (Å²) in [5.41, 5.74) is 0.714. The molecule has 1 heterocycles. The van der Waals surface area contributed by atoms with Crippen molar-refractivity contribution in [2.75, 3.05) is 0 Å². The third kappa shape index (κ3) is 2.45. The highest BCUT2D eigenvalue weighted by molar-refractivity contribution is 9.10. The Labute approximate surface area is 123 Å². The van der Waals surface area contributed by atoms with Crippen LogP contribution in [0, 0.1) is 0 Å². The average Bonchev–Trinajstić information content (AvgIpc) is 2.87. The molecule has 0 atom stereocenters. The Morgan fingerprint density at radius 1 is 1.10 bits per heavy atom. The van der Waals surface area contributed by atoms with Crippen LogP contribution in [0.1, 0.15) is 0 Å². The standard InChI is InChI=1S/C12H9BrN4O2S/c13-10-4-3-7-5-9(2-1-8(7)6-10)11-15-12(17-16-11)20(14,18)19/h1-6H,(H2,14,18,19)(H,15,16,17). The molecular weight excluding hydrogens is 344 g/mol. The number of hydrogen-bond donors (Lipinski definition) is 2. The van der Waals surface area contributed by atoms with Crippen LogP contribution in [0.5, 0.6) is 0 Å². The van der Waals surface area contributed by atoms with Gasteiger partial charge in [-0.15, -0.1) is 0 Å². The Bertz CT molecular complexity index is 905. The lowest BCUT2D eigenvalue weighted by molar-refractivity contribution is 0.589. The number of aromatic amines is 1. The van der Waals surface area contributed by atoms with E-state index in [0.29, 0.717) is 11.4 Å². The van der Waals surface area contributed by atoms with Crippen LogP contribution in [0.25, 0.3) is 22.2 Å². The van der Waals surface area contributed by atoms with E-state index in [0.717, 1.165) is 15.2 Å². The van der Waals surface area contributed by atoms with Gasteiger partial charge in [0.05, 0.1) is 0 Å². The SMILES string of the molecule is NS(=O)(=O)c1nc(-c2ccc3cc(Br)ccc3c2)n[nH]1. The van der Waals surface area contributed by atoms with Gasteiger partial charge < -0.3 is 0 Å². The van der Waals surface area contributed by atoms with E-state index in [1.165, 1.54) is 0 Å². The van der Waals surface area contributed by atoms with E-state index in [9.17, 15) is 8.42 Å². The Kier molecular flexibility index (Phi) is 3.08. The summed E-state index contributed by atoms with van der Waals surface area (Å²) in [4.78, 5) is 3.89. The molecular formula is C12H9BrN4O2S. The molecule has 20 heavy (non-hydrogen) atoms. The second-order valence-electron chi connectivity index (χ2n) is 4.22. The molecule has 0 aliphatic heterocycles. The average molecular weight is 353 g/mol. The first-order valence-corrected chi connectivity index (χ1v) is 7.92. The predicted octanol–water partition coefficient (Wildman–Crippen LogP) is 2.03. The number of primary sulfonamides is 1. The maximum absolute atomic E-state index is 11.2. The van der Waals surface area contributed by atoms with Crippen molar-refractivity contribution < 1.29 is 8.42 Å². The fourth-order valence-corrected chi connectivity index (χ4v) is 2.62. The Hall–Kier alpha value is -1.77. The normalized spacial score (nSPS) is 11.9. The fraction of sp³-hybridized carbons (Fsp3) is 0. The largest absolute Gasteiger partial charge is 0.273 e. The molecule has 0 saturated carbocycles. The maximum atomic E-state index is 11.2. The number of rotatable bonds is 2. The van der Waals surface area contributed by atoms with Gasteiger partial charge in [-0.25, -0.2) is 18.7 Å². The lowest BCUT2D eigenvalue weighted by atomic mass is 10.1. The van der Waals surface area contributed by atoms with Crippen LogP contribution in [-0.4, -0.2) is 23.6 Å². The molecule has 0 saturated heterocycles. The van der Waals surface area contributed by atoms with E-state index < -0.39 is 10.0 Å². The third-order valence-corrected chi connectivity index (χ3v) is 4.01. The minimum Gasteiger partial charge on any atom is -0.248 e. The van der Waals surface area contributed by atoms with E-state index in [1.807, 2.05) is 36.4 Å². The second-order valence-corrected chi connectivity index (χ2v) is 6.61. The van der Waals surface area contributed by atoms with Gasteiger partial charge in [0.1, 0.15) is 0 Å². The summed E-state index contributed by atoms with van der Waals surface area (Å²) in [6.45, 7) is 0. The van der Waals surface area contributed by atoms with E-state index in [1.54, 1.807) is 0 Å². The highest BCUT2D eigenvalue weighted by atomic mass is 79.9. The lowest BCUT2D eigenvalue weighted by Gasteiger charge is -2.01. The molecule has 1 aromatic heterocycles. The zero-order chi connectivity index (χ0) is 14.3. The maximum Gasteiger partial charge on any atom is 0.273 e. The van der Waals surface area contributed by atoms with Crippen LogP contribution in [-0.2, 0) is 10.0 Å². The molecule has 0 bridgehead atoms. The lowest BCUT2D eigenvalue weighted by Crippen LogP contribution is -2.13. The third-order valence-electron chi connectivity index (χ3n) is 2.79. The van der Waals surface area contributed by atoms with Crippen LogP contribution in [0.4, 0.5) is 0 Å². The minimum atomic E-state index is -3.87. The fourth-order valence-electron chi connectivity index (χ4n) is 1.86. The Morgan fingerprint density at radius 2 is 1.80 bits per heavy atom. The molecule has 0 aliphatic carbocycles. The van der Waals surface area contributed by atoms with Gasteiger partial charge in [0.25, 0.3) is 15.2 Å². The topological polar surface area (TPSA) is 102 Å². The monoisotopic (exact) mass is 352 g/mol. The molecule has 0 radical (unpaired) electrons. The van der Waals surface area contributed by atoms with Crippen LogP contribution in [0.3, 0.4) is 0 Å². The van der Waals surface area contributed by atoms with Crippen molar-refractivity contribution in [2.45, 2.75) is 5.16 Å². The van der Waals surface area contributed by atoms with Crippen LogP contribution in [0.2, 0.25) is 0 Å². The van der Waals surface area contributed by atoms with Gasteiger partial charge >= 0.3 is 0 Å². The number of H-pyrrole nitrogens is 1. The van der Waals surface area contributed by atoms with Gasteiger partial charge in [0.2, 0.25) is 0 Å². The molecule has 6 nitrogen and oxygen atoms in total. The molecule has 2 aromatic carbocycles. The number of nitrogens with two attached hydrogens (primary N) is 1. The van der Waals surface area contributed by atoms with E-state index in [-0.39, 0.29) is 5.16 Å². The molecule has 0 aliphatic rings. The number of halogens is 1. The first-order chi connectivity index (χ1) is 9.43. The van der Waals surface area contributed by atoms with Crippen molar-refractivity contribution in [3.05, 3.63) is 40.9 Å². The number of sulfonamides is 1. The van der Waals surface area contributed by atoms with Crippen LogP contribution >= 0.6 is 15.9 Å². The van der Waals surface area contributed by atoms with E-state index in [4.69, 9.17) is 5.14 Å². The molecule has 0 fully saturated rings. The molecule has 0 spiro atoms. The summed E-state index contributed by atoms with van der Waals surface area (Å²) in [5, 5.41) is 12.9. The molecule has 8 heteroatoms. The smallest absolute Gasteiger partial charge is 0.248 e. The molecule has 3 rings (SSSR count). The van der Waals surface area contributed by atoms with E-state index >= 15 is 0 Å². The number of nitrogens with zero attached hydrogens (tertiary/aromatic N) is 2. The summed E-state index contributed by atoms with van der Waals surface area (Å²) in [6.07, 6.45) is 0. The van der Waals surface area contributed by atoms with Gasteiger partial charge in [0, 0.05) is 10.0 Å². The Morgan fingerprint density at radius 3 is 2.50 bits per heavy atom. The van der Waals surface area contributed by atoms with Gasteiger partial charge in [-0.3, -0.25) is 0 Å². The summed E-state index contributed by atoms with van der Waals surface area (Å²) in [7, 11) is -3.87. The summed E-state index contributed by atoms with van der Waals surface area (Å²) < 4.78 is 23.3. The highest BCUT2D eigenvalue weighted by Crippen LogP contribution is 2.24. The summed E-state index contributed by atoms with van der Waals surface area (Å²) >= 11 is 3.41. The van der Waals surface area contributed by atoms with Crippen molar-refractivity contribution in [3.8, 4) is 11.4 Å². The molecule has 102 valence electrons. The first-order valence-electron chi connectivity index (χ1n) is 5.58. The zero-order valence-electron chi connectivity index (χ0n) is 10.0. The summed E-state index contributed by atoms with van der Waals surface area (Å²) in [5.74, 6) is 0.291.